The number of nitrogens with zero attached hydrogens (tertiary/aromatic N) is 3. The van der Waals surface area contributed by atoms with Crippen LogP contribution >= 0.6 is 0 Å². The number of aryl methyl sites for hydroxylation is 1. The first-order valence-electron chi connectivity index (χ1n) is 9.36. The number of halogens is 3. The van der Waals surface area contributed by atoms with Crippen molar-refractivity contribution >= 4 is 26.7 Å². The van der Waals surface area contributed by atoms with Gasteiger partial charge in [0, 0.05) is 12.1 Å². The van der Waals surface area contributed by atoms with E-state index in [9.17, 15) is 21.6 Å². The first kappa shape index (κ1) is 21.6. The molecule has 7 nitrogen and oxygen atoms in total. The third-order valence-corrected chi connectivity index (χ3v) is 5.79. The minimum atomic E-state index is -4.56. The van der Waals surface area contributed by atoms with Gasteiger partial charge in [0.2, 0.25) is 0 Å². The maximum atomic E-state index is 12.8. The molecule has 0 fully saturated rings. The van der Waals surface area contributed by atoms with Crippen molar-refractivity contribution in [1.29, 1.82) is 0 Å². The second-order valence-electron chi connectivity index (χ2n) is 7.02. The van der Waals surface area contributed by atoms with Gasteiger partial charge in [-0.1, -0.05) is 29.8 Å². The van der Waals surface area contributed by atoms with Gasteiger partial charge in [0.05, 0.1) is 16.3 Å². The summed E-state index contributed by atoms with van der Waals surface area (Å²) in [6.45, 7) is 0.285. The van der Waals surface area contributed by atoms with Gasteiger partial charge >= 0.3 is 6.18 Å². The highest BCUT2D eigenvalue weighted by atomic mass is 32.2. The Morgan fingerprint density at radius 3 is 2.19 bits per heavy atom. The van der Waals surface area contributed by atoms with Crippen molar-refractivity contribution in [2.75, 3.05) is 11.3 Å². The molecule has 3 aromatic carbocycles. The predicted octanol–water partition coefficient (Wildman–Crippen LogP) is 4.47. The Bertz CT molecular complexity index is 1330. The molecular weight excluding hydrogens is 445 g/mol. The van der Waals surface area contributed by atoms with Gasteiger partial charge in [0.25, 0.3) is 10.0 Å². The van der Waals surface area contributed by atoms with Crippen LogP contribution in [0.2, 0.25) is 0 Å². The highest BCUT2D eigenvalue weighted by Crippen LogP contribution is 2.27. The smallest absolute Gasteiger partial charge is 0.422 e. The molecule has 0 saturated carbocycles. The Hall–Kier alpha value is -3.60. The minimum absolute atomic E-state index is 0.00149. The molecule has 166 valence electrons. The predicted molar refractivity (Wildman–Crippen MR) is 112 cm³/mol. The molecule has 0 unspecified atom stereocenters. The molecule has 32 heavy (non-hydrogen) atoms. The van der Waals surface area contributed by atoms with Crippen LogP contribution in [0.25, 0.3) is 16.7 Å². The lowest BCUT2D eigenvalue weighted by Gasteiger charge is -2.14. The largest absolute Gasteiger partial charge is 0.484 e. The van der Waals surface area contributed by atoms with Crippen molar-refractivity contribution in [3.05, 3.63) is 72.3 Å². The standard InChI is InChI=1S/C21H17F3N4O3S/c1-14-6-8-18(9-7-14)32(29,30)27-15-10-16(12-17(11-15)31-13-21(22,23)24)28-25-19-4-2-3-5-20(19)26-28/h2-12,27H,13H2,1H3. The zero-order chi connectivity index (χ0) is 22.9. The summed E-state index contributed by atoms with van der Waals surface area (Å²) in [5.41, 5.74) is 2.24. The molecule has 1 heterocycles. The maximum Gasteiger partial charge on any atom is 0.422 e. The lowest BCUT2D eigenvalue weighted by Crippen LogP contribution is -2.19. The fraction of sp³-hybridized carbons (Fsp3) is 0.143. The number of anilines is 1. The van der Waals surface area contributed by atoms with Crippen LogP contribution < -0.4 is 9.46 Å². The quantitative estimate of drug-likeness (QED) is 0.457. The average Bonchev–Trinajstić information content (AvgIpc) is 3.16. The zero-order valence-corrected chi connectivity index (χ0v) is 17.5. The molecule has 0 aliphatic carbocycles. The third-order valence-electron chi connectivity index (χ3n) is 4.39. The van der Waals surface area contributed by atoms with Gasteiger partial charge in [-0.15, -0.1) is 10.2 Å². The number of rotatable bonds is 6. The van der Waals surface area contributed by atoms with E-state index in [4.69, 9.17) is 4.74 Å². The van der Waals surface area contributed by atoms with Crippen molar-refractivity contribution in [3.63, 3.8) is 0 Å². The average molecular weight is 462 g/mol. The van der Waals surface area contributed by atoms with E-state index in [-0.39, 0.29) is 22.0 Å². The Labute approximate surface area is 181 Å². The van der Waals surface area contributed by atoms with E-state index < -0.39 is 22.8 Å². The van der Waals surface area contributed by atoms with Crippen LogP contribution in [0.15, 0.2) is 71.6 Å². The molecule has 4 aromatic rings. The van der Waals surface area contributed by atoms with Crippen molar-refractivity contribution in [3.8, 4) is 11.4 Å². The molecule has 0 atom stereocenters. The zero-order valence-electron chi connectivity index (χ0n) is 16.7. The molecule has 4 rings (SSSR count). The minimum Gasteiger partial charge on any atom is -0.484 e. The molecule has 0 spiro atoms. The van der Waals surface area contributed by atoms with E-state index in [1.165, 1.54) is 35.1 Å². The summed E-state index contributed by atoms with van der Waals surface area (Å²) in [7, 11) is -3.99. The van der Waals surface area contributed by atoms with Crippen molar-refractivity contribution < 1.29 is 26.3 Å². The van der Waals surface area contributed by atoms with Crippen LogP contribution in [-0.2, 0) is 10.0 Å². The highest BCUT2D eigenvalue weighted by molar-refractivity contribution is 7.92. The Morgan fingerprint density at radius 2 is 1.59 bits per heavy atom. The summed E-state index contributed by atoms with van der Waals surface area (Å²) >= 11 is 0. The fourth-order valence-electron chi connectivity index (χ4n) is 2.91. The summed E-state index contributed by atoms with van der Waals surface area (Å²) in [6.07, 6.45) is -4.56. The van der Waals surface area contributed by atoms with Crippen molar-refractivity contribution in [2.45, 2.75) is 18.0 Å². The molecule has 0 aliphatic heterocycles. The van der Waals surface area contributed by atoms with Gasteiger partial charge in [-0.2, -0.15) is 18.0 Å². The summed E-state index contributed by atoms with van der Waals surface area (Å²) in [4.78, 5) is 1.21. The van der Waals surface area contributed by atoms with E-state index in [2.05, 4.69) is 14.9 Å². The monoisotopic (exact) mass is 462 g/mol. The molecule has 0 amide bonds. The number of ether oxygens (including phenoxy) is 1. The van der Waals surface area contributed by atoms with Crippen molar-refractivity contribution in [1.82, 2.24) is 15.0 Å². The number of benzene rings is 3. The molecule has 0 saturated heterocycles. The number of hydrogen-bond acceptors (Lipinski definition) is 5. The number of aromatic nitrogens is 3. The fourth-order valence-corrected chi connectivity index (χ4v) is 3.95. The number of fused-ring (bicyclic) bond motifs is 1. The van der Waals surface area contributed by atoms with Gasteiger partial charge in [-0.3, -0.25) is 4.72 Å². The van der Waals surface area contributed by atoms with Gasteiger partial charge in [-0.05, 0) is 37.3 Å². The summed E-state index contributed by atoms with van der Waals surface area (Å²) in [5, 5.41) is 8.58. The Kier molecular flexibility index (Phi) is 5.51. The second kappa shape index (κ2) is 8.15. The highest BCUT2D eigenvalue weighted by Gasteiger charge is 2.28. The lowest BCUT2D eigenvalue weighted by atomic mass is 10.2. The molecule has 1 N–H and O–H groups in total. The number of alkyl halides is 3. The van der Waals surface area contributed by atoms with E-state index in [1.807, 2.05) is 6.92 Å². The summed E-state index contributed by atoms with van der Waals surface area (Å²) < 4.78 is 70.7. The Morgan fingerprint density at radius 1 is 0.969 bits per heavy atom. The van der Waals surface area contributed by atoms with Crippen LogP contribution in [0.1, 0.15) is 5.56 Å². The van der Waals surface area contributed by atoms with Gasteiger partial charge in [0.1, 0.15) is 16.8 Å². The topological polar surface area (TPSA) is 86.1 Å². The molecular formula is C21H17F3N4O3S. The van der Waals surface area contributed by atoms with E-state index in [0.717, 1.165) is 5.56 Å². The van der Waals surface area contributed by atoms with Crippen LogP contribution in [-0.4, -0.2) is 36.2 Å². The Balaban J connectivity index is 1.73. The van der Waals surface area contributed by atoms with Gasteiger partial charge < -0.3 is 4.74 Å². The molecule has 0 radical (unpaired) electrons. The van der Waals surface area contributed by atoms with E-state index in [1.54, 1.807) is 36.4 Å². The SMILES string of the molecule is Cc1ccc(S(=O)(=O)Nc2cc(OCC(F)(F)F)cc(-n3nc4ccccc4n3)c2)cc1. The van der Waals surface area contributed by atoms with Crippen molar-refractivity contribution in [2.24, 2.45) is 0 Å². The maximum absolute atomic E-state index is 12.8. The number of sulfonamides is 1. The third kappa shape index (κ3) is 4.99. The molecule has 0 bridgehead atoms. The van der Waals surface area contributed by atoms with E-state index in [0.29, 0.717) is 11.0 Å². The summed E-state index contributed by atoms with van der Waals surface area (Å²) in [5.74, 6) is -0.192. The lowest BCUT2D eigenvalue weighted by molar-refractivity contribution is -0.153. The number of nitrogens with one attached hydrogen (secondary N) is 1. The molecule has 0 aliphatic rings. The normalized spacial score (nSPS) is 12.1. The summed E-state index contributed by atoms with van der Waals surface area (Å²) in [6, 6.07) is 17.0. The van der Waals surface area contributed by atoms with Gasteiger partial charge in [-0.25, -0.2) is 8.42 Å². The van der Waals surface area contributed by atoms with Gasteiger partial charge in [0.15, 0.2) is 6.61 Å². The molecule has 1 aromatic heterocycles. The first-order valence-corrected chi connectivity index (χ1v) is 10.8. The molecule has 11 heteroatoms. The van der Waals surface area contributed by atoms with Crippen LogP contribution in [0.5, 0.6) is 5.75 Å². The van der Waals surface area contributed by atoms with Crippen LogP contribution in [0, 0.1) is 6.92 Å². The van der Waals surface area contributed by atoms with E-state index >= 15 is 0 Å². The first-order chi connectivity index (χ1) is 15.1. The second-order valence-corrected chi connectivity index (χ2v) is 8.70. The van der Waals surface area contributed by atoms with Crippen LogP contribution in [0.4, 0.5) is 18.9 Å². The number of hydrogen-bond donors (Lipinski definition) is 1. The van der Waals surface area contributed by atoms with Crippen LogP contribution in [0.3, 0.4) is 0 Å².